The Hall–Kier alpha value is -0.720. The van der Waals surface area contributed by atoms with E-state index in [9.17, 15) is 0 Å². The lowest BCUT2D eigenvalue weighted by atomic mass is 9.97. The molecular weight excluding hydrogens is 110 g/mol. The molecule has 0 saturated heterocycles. The summed E-state index contributed by atoms with van der Waals surface area (Å²) in [6.07, 6.45) is 8.62. The van der Waals surface area contributed by atoms with Crippen molar-refractivity contribution in [1.29, 1.82) is 0 Å². The number of hydrogen-bond donors (Lipinski definition) is 1. The van der Waals surface area contributed by atoms with E-state index in [1.54, 1.807) is 0 Å². The lowest BCUT2D eigenvalue weighted by Crippen LogP contribution is -2.03. The molecule has 0 heterocycles. The van der Waals surface area contributed by atoms with Gasteiger partial charge in [-0.2, -0.15) is 0 Å². The molecule has 9 heavy (non-hydrogen) atoms. The summed E-state index contributed by atoms with van der Waals surface area (Å²) < 4.78 is 0. The summed E-state index contributed by atoms with van der Waals surface area (Å²) in [4.78, 5) is 0. The van der Waals surface area contributed by atoms with Crippen molar-refractivity contribution in [3.05, 3.63) is 23.9 Å². The van der Waals surface area contributed by atoms with Gasteiger partial charge in [0.25, 0.3) is 0 Å². The predicted octanol–water partition coefficient (Wildman–Crippen LogP) is 1.82. The molecule has 0 aromatic rings. The van der Waals surface area contributed by atoms with Crippen LogP contribution in [0.25, 0.3) is 0 Å². The Morgan fingerprint density at radius 2 is 2.56 bits per heavy atom. The van der Waals surface area contributed by atoms with Crippen LogP contribution in [0.1, 0.15) is 19.8 Å². The van der Waals surface area contributed by atoms with E-state index in [1.165, 1.54) is 6.42 Å². The molecule has 0 aromatic heterocycles. The molecule has 1 aliphatic carbocycles. The van der Waals surface area contributed by atoms with Gasteiger partial charge in [-0.05, 0) is 24.8 Å². The van der Waals surface area contributed by atoms with Gasteiger partial charge in [0.05, 0.1) is 0 Å². The number of allylic oxidation sites excluding steroid dienone is 3. The SMILES string of the molecule is CCC1C=C(N)C=CC1. The Labute approximate surface area is 56.2 Å². The average molecular weight is 123 g/mol. The number of nitrogens with two attached hydrogens (primary N) is 1. The van der Waals surface area contributed by atoms with Gasteiger partial charge >= 0.3 is 0 Å². The fourth-order valence-corrected chi connectivity index (χ4v) is 1.06. The largest absolute Gasteiger partial charge is 0.399 e. The summed E-state index contributed by atoms with van der Waals surface area (Å²) in [6, 6.07) is 0. The first-order valence-corrected chi connectivity index (χ1v) is 3.46. The summed E-state index contributed by atoms with van der Waals surface area (Å²) in [6.45, 7) is 2.19. The third-order valence-corrected chi connectivity index (χ3v) is 1.70. The highest BCUT2D eigenvalue weighted by Gasteiger charge is 2.03. The van der Waals surface area contributed by atoms with Crippen molar-refractivity contribution in [2.75, 3.05) is 0 Å². The molecule has 0 fully saturated rings. The molecule has 50 valence electrons. The van der Waals surface area contributed by atoms with Gasteiger partial charge in [-0.25, -0.2) is 0 Å². The minimum atomic E-state index is 0.690. The summed E-state index contributed by atoms with van der Waals surface area (Å²) in [7, 11) is 0. The van der Waals surface area contributed by atoms with E-state index in [4.69, 9.17) is 5.73 Å². The Morgan fingerprint density at radius 3 is 3.00 bits per heavy atom. The van der Waals surface area contributed by atoms with Crippen LogP contribution in [0.2, 0.25) is 0 Å². The minimum absolute atomic E-state index is 0.690. The predicted molar refractivity (Wildman–Crippen MR) is 39.8 cm³/mol. The lowest BCUT2D eigenvalue weighted by molar-refractivity contribution is 0.627. The van der Waals surface area contributed by atoms with Crippen LogP contribution in [0.5, 0.6) is 0 Å². The Morgan fingerprint density at radius 1 is 1.78 bits per heavy atom. The third kappa shape index (κ3) is 1.60. The van der Waals surface area contributed by atoms with E-state index in [-0.39, 0.29) is 0 Å². The Kier molecular flexibility index (Phi) is 1.93. The van der Waals surface area contributed by atoms with E-state index in [0.717, 1.165) is 12.1 Å². The first-order chi connectivity index (χ1) is 4.33. The van der Waals surface area contributed by atoms with Crippen molar-refractivity contribution in [3.63, 3.8) is 0 Å². The molecule has 0 radical (unpaired) electrons. The van der Waals surface area contributed by atoms with E-state index in [2.05, 4.69) is 19.1 Å². The van der Waals surface area contributed by atoms with Gasteiger partial charge in [-0.3, -0.25) is 0 Å². The van der Waals surface area contributed by atoms with Gasteiger partial charge < -0.3 is 5.73 Å². The third-order valence-electron chi connectivity index (χ3n) is 1.70. The van der Waals surface area contributed by atoms with Crippen LogP contribution in [-0.2, 0) is 0 Å². The first-order valence-electron chi connectivity index (χ1n) is 3.46. The average Bonchev–Trinajstić information content (AvgIpc) is 1.88. The zero-order valence-corrected chi connectivity index (χ0v) is 5.80. The zero-order chi connectivity index (χ0) is 6.69. The number of hydrogen-bond acceptors (Lipinski definition) is 1. The monoisotopic (exact) mass is 123 g/mol. The molecule has 0 bridgehead atoms. The quantitative estimate of drug-likeness (QED) is 0.565. The van der Waals surface area contributed by atoms with Crippen molar-refractivity contribution < 1.29 is 0 Å². The van der Waals surface area contributed by atoms with Crippen molar-refractivity contribution in [2.45, 2.75) is 19.8 Å². The molecule has 1 heteroatoms. The molecular formula is C8H13N. The van der Waals surface area contributed by atoms with E-state index in [1.807, 2.05) is 6.08 Å². The molecule has 0 aliphatic heterocycles. The van der Waals surface area contributed by atoms with Gasteiger partial charge in [0.1, 0.15) is 0 Å². The maximum Gasteiger partial charge on any atom is 0.0273 e. The molecule has 0 aromatic carbocycles. The van der Waals surface area contributed by atoms with Gasteiger partial charge in [-0.15, -0.1) is 0 Å². The summed E-state index contributed by atoms with van der Waals surface area (Å²) in [5, 5.41) is 0. The van der Waals surface area contributed by atoms with Crippen molar-refractivity contribution in [2.24, 2.45) is 11.7 Å². The lowest BCUT2D eigenvalue weighted by Gasteiger charge is -2.11. The van der Waals surface area contributed by atoms with Crippen LogP contribution in [0, 0.1) is 5.92 Å². The molecule has 2 N–H and O–H groups in total. The van der Waals surface area contributed by atoms with Crippen LogP contribution in [0.3, 0.4) is 0 Å². The second-order valence-corrected chi connectivity index (χ2v) is 2.47. The topological polar surface area (TPSA) is 26.0 Å². The molecule has 1 nitrogen and oxygen atoms in total. The van der Waals surface area contributed by atoms with Crippen molar-refractivity contribution in [3.8, 4) is 0 Å². The van der Waals surface area contributed by atoms with Crippen molar-refractivity contribution in [1.82, 2.24) is 0 Å². The van der Waals surface area contributed by atoms with Crippen LogP contribution < -0.4 is 5.73 Å². The van der Waals surface area contributed by atoms with Gasteiger partial charge in [0, 0.05) is 5.70 Å². The Bertz CT molecular complexity index is 145. The van der Waals surface area contributed by atoms with E-state index < -0.39 is 0 Å². The van der Waals surface area contributed by atoms with Gasteiger partial charge in [0.2, 0.25) is 0 Å². The van der Waals surface area contributed by atoms with Crippen LogP contribution in [-0.4, -0.2) is 0 Å². The Balaban J connectivity index is 2.55. The van der Waals surface area contributed by atoms with E-state index >= 15 is 0 Å². The minimum Gasteiger partial charge on any atom is -0.399 e. The van der Waals surface area contributed by atoms with E-state index in [0.29, 0.717) is 5.92 Å². The molecule has 0 amide bonds. The van der Waals surface area contributed by atoms with Gasteiger partial charge in [-0.1, -0.05) is 19.1 Å². The fraction of sp³-hybridized carbons (Fsp3) is 0.500. The maximum atomic E-state index is 5.58. The first kappa shape index (κ1) is 6.40. The molecule has 1 atom stereocenters. The number of rotatable bonds is 1. The summed E-state index contributed by atoms with van der Waals surface area (Å²) in [5.41, 5.74) is 6.50. The van der Waals surface area contributed by atoms with Crippen molar-refractivity contribution >= 4 is 0 Å². The van der Waals surface area contributed by atoms with Gasteiger partial charge in [0.15, 0.2) is 0 Å². The summed E-state index contributed by atoms with van der Waals surface area (Å²) in [5.74, 6) is 0.690. The smallest absolute Gasteiger partial charge is 0.0273 e. The normalized spacial score (nSPS) is 25.9. The highest BCUT2D eigenvalue weighted by atomic mass is 14.6. The fourth-order valence-electron chi connectivity index (χ4n) is 1.06. The van der Waals surface area contributed by atoms with Crippen LogP contribution in [0.15, 0.2) is 23.9 Å². The second kappa shape index (κ2) is 2.72. The summed E-state index contributed by atoms with van der Waals surface area (Å²) >= 11 is 0. The molecule has 1 unspecified atom stereocenters. The molecule has 0 spiro atoms. The highest BCUT2D eigenvalue weighted by molar-refractivity contribution is 5.20. The van der Waals surface area contributed by atoms with Crippen LogP contribution in [0.4, 0.5) is 0 Å². The molecule has 1 aliphatic rings. The second-order valence-electron chi connectivity index (χ2n) is 2.47. The zero-order valence-electron chi connectivity index (χ0n) is 5.80. The standard InChI is InChI=1S/C8H13N/c1-2-7-4-3-5-8(9)6-7/h3,5-7H,2,4,9H2,1H3. The highest BCUT2D eigenvalue weighted by Crippen LogP contribution is 2.16. The maximum absolute atomic E-state index is 5.58. The molecule has 1 rings (SSSR count). The molecule has 0 saturated carbocycles. The van der Waals surface area contributed by atoms with Crippen LogP contribution >= 0.6 is 0 Å².